The zero-order valence-electron chi connectivity index (χ0n) is 8.76. The maximum absolute atomic E-state index is 12.9. The van der Waals surface area contributed by atoms with Crippen LogP contribution in [0.5, 0.6) is 0 Å². The van der Waals surface area contributed by atoms with Crippen molar-refractivity contribution in [1.82, 2.24) is 0 Å². The number of benzene rings is 1. The normalized spacial score (nSPS) is 25.5. The van der Waals surface area contributed by atoms with Crippen molar-refractivity contribution in [1.29, 1.82) is 0 Å². The lowest BCUT2D eigenvalue weighted by molar-refractivity contribution is 0.582. The van der Waals surface area contributed by atoms with Crippen molar-refractivity contribution < 1.29 is 8.78 Å². The van der Waals surface area contributed by atoms with Crippen molar-refractivity contribution in [2.45, 2.75) is 32.2 Å². The molecule has 0 radical (unpaired) electrons. The first-order valence-electron chi connectivity index (χ1n) is 5.36. The molecule has 82 valence electrons. The van der Waals surface area contributed by atoms with Crippen molar-refractivity contribution in [3.05, 3.63) is 29.8 Å². The van der Waals surface area contributed by atoms with Gasteiger partial charge in [0.25, 0.3) is 0 Å². The van der Waals surface area contributed by atoms with Crippen LogP contribution in [0.25, 0.3) is 0 Å². The average molecular weight is 211 g/mol. The van der Waals surface area contributed by atoms with Gasteiger partial charge in [0.15, 0.2) is 0 Å². The quantitative estimate of drug-likeness (QED) is 0.788. The highest BCUT2D eigenvalue weighted by Gasteiger charge is 2.21. The summed E-state index contributed by atoms with van der Waals surface area (Å²) in [6, 6.07) is 3.93. The fourth-order valence-electron chi connectivity index (χ4n) is 2.21. The predicted octanol–water partition coefficient (Wildman–Crippen LogP) is 3.57. The summed E-state index contributed by atoms with van der Waals surface area (Å²) >= 11 is 0. The molecule has 1 nitrogen and oxygen atoms in total. The molecule has 1 N–H and O–H groups in total. The van der Waals surface area contributed by atoms with E-state index in [1.165, 1.54) is 18.6 Å². The van der Waals surface area contributed by atoms with E-state index in [4.69, 9.17) is 0 Å². The second-order valence-corrected chi connectivity index (χ2v) is 4.42. The van der Waals surface area contributed by atoms with Gasteiger partial charge < -0.3 is 5.32 Å². The molecular formula is C12H15F2N. The first-order chi connectivity index (χ1) is 7.13. The third-order valence-electron chi connectivity index (χ3n) is 2.93. The topological polar surface area (TPSA) is 12.0 Å². The lowest BCUT2D eigenvalue weighted by Crippen LogP contribution is -2.15. The molecule has 1 aromatic carbocycles. The minimum absolute atomic E-state index is 0.362. The van der Waals surface area contributed by atoms with Gasteiger partial charge in [-0.25, -0.2) is 8.78 Å². The van der Waals surface area contributed by atoms with Crippen LogP contribution < -0.4 is 5.32 Å². The van der Waals surface area contributed by atoms with Gasteiger partial charge in [-0.2, -0.15) is 0 Å². The largest absolute Gasteiger partial charge is 0.382 e. The molecule has 1 aromatic rings. The van der Waals surface area contributed by atoms with Crippen LogP contribution in [0.4, 0.5) is 14.5 Å². The van der Waals surface area contributed by atoms with Crippen LogP contribution in [0, 0.1) is 17.6 Å². The Morgan fingerprint density at radius 3 is 2.33 bits per heavy atom. The molecule has 1 fully saturated rings. The van der Waals surface area contributed by atoms with E-state index in [0.29, 0.717) is 17.6 Å². The van der Waals surface area contributed by atoms with Gasteiger partial charge in [0, 0.05) is 17.8 Å². The van der Waals surface area contributed by atoms with Gasteiger partial charge in [0.2, 0.25) is 0 Å². The SMILES string of the molecule is C[C@H]1CC[C@@H](Nc2cc(F)cc(F)c2)C1. The smallest absolute Gasteiger partial charge is 0.128 e. The van der Waals surface area contributed by atoms with Gasteiger partial charge in [0.1, 0.15) is 11.6 Å². The minimum Gasteiger partial charge on any atom is -0.382 e. The lowest BCUT2D eigenvalue weighted by Gasteiger charge is -2.13. The number of nitrogens with one attached hydrogen (secondary N) is 1. The van der Waals surface area contributed by atoms with Crippen LogP contribution in [0.1, 0.15) is 26.2 Å². The highest BCUT2D eigenvalue weighted by molar-refractivity contribution is 5.44. The van der Waals surface area contributed by atoms with E-state index in [9.17, 15) is 8.78 Å². The van der Waals surface area contributed by atoms with Crippen LogP contribution in [0.3, 0.4) is 0 Å². The van der Waals surface area contributed by atoms with E-state index >= 15 is 0 Å². The van der Waals surface area contributed by atoms with Gasteiger partial charge in [-0.3, -0.25) is 0 Å². The van der Waals surface area contributed by atoms with Crippen LogP contribution in [-0.4, -0.2) is 6.04 Å². The van der Waals surface area contributed by atoms with Crippen LogP contribution in [0.2, 0.25) is 0 Å². The molecule has 0 heterocycles. The molecule has 0 bridgehead atoms. The van der Waals surface area contributed by atoms with E-state index in [1.807, 2.05) is 0 Å². The van der Waals surface area contributed by atoms with Crippen molar-refractivity contribution in [3.8, 4) is 0 Å². The number of anilines is 1. The molecular weight excluding hydrogens is 196 g/mol. The van der Waals surface area contributed by atoms with Crippen molar-refractivity contribution >= 4 is 5.69 Å². The first kappa shape index (κ1) is 10.4. The molecule has 1 aliphatic carbocycles. The minimum atomic E-state index is -0.524. The van der Waals surface area contributed by atoms with Gasteiger partial charge in [0.05, 0.1) is 0 Å². The molecule has 2 rings (SSSR count). The fraction of sp³-hybridized carbons (Fsp3) is 0.500. The van der Waals surface area contributed by atoms with E-state index in [2.05, 4.69) is 12.2 Å². The third kappa shape index (κ3) is 2.67. The molecule has 2 atom stereocenters. The maximum atomic E-state index is 12.9. The third-order valence-corrected chi connectivity index (χ3v) is 2.93. The highest BCUT2D eigenvalue weighted by atomic mass is 19.1. The number of rotatable bonds is 2. The van der Waals surface area contributed by atoms with E-state index in [1.54, 1.807) is 0 Å². The average Bonchev–Trinajstić information content (AvgIpc) is 2.49. The Kier molecular flexibility index (Phi) is 2.89. The fourth-order valence-corrected chi connectivity index (χ4v) is 2.21. The molecule has 3 heteroatoms. The molecule has 1 aliphatic rings. The Labute approximate surface area is 88.5 Å². The Morgan fingerprint density at radius 2 is 1.80 bits per heavy atom. The lowest BCUT2D eigenvalue weighted by atomic mass is 10.1. The summed E-state index contributed by atoms with van der Waals surface area (Å²) in [5.41, 5.74) is 0.548. The molecule has 1 saturated carbocycles. The molecule has 0 aromatic heterocycles. The molecule has 0 amide bonds. The van der Waals surface area contributed by atoms with Gasteiger partial charge in [-0.05, 0) is 37.3 Å². The summed E-state index contributed by atoms with van der Waals surface area (Å²) in [6.07, 6.45) is 3.35. The first-order valence-corrected chi connectivity index (χ1v) is 5.36. The standard InChI is InChI=1S/C12H15F2N/c1-8-2-3-11(4-8)15-12-6-9(13)5-10(14)7-12/h5-8,11,15H,2-4H2,1H3/t8-,11+/m0/s1. The van der Waals surface area contributed by atoms with Crippen LogP contribution >= 0.6 is 0 Å². The summed E-state index contributed by atoms with van der Waals surface area (Å²) in [6.45, 7) is 2.20. The Hall–Kier alpha value is -1.12. The van der Waals surface area contributed by atoms with E-state index in [0.717, 1.165) is 18.9 Å². The second kappa shape index (κ2) is 4.17. The molecule has 0 spiro atoms. The van der Waals surface area contributed by atoms with Gasteiger partial charge in [-0.15, -0.1) is 0 Å². The Balaban J connectivity index is 2.04. The Morgan fingerprint density at radius 1 is 1.13 bits per heavy atom. The maximum Gasteiger partial charge on any atom is 0.128 e. The highest BCUT2D eigenvalue weighted by Crippen LogP contribution is 2.27. The number of hydrogen-bond donors (Lipinski definition) is 1. The molecule has 0 aliphatic heterocycles. The van der Waals surface area contributed by atoms with Crippen molar-refractivity contribution in [2.75, 3.05) is 5.32 Å². The molecule has 15 heavy (non-hydrogen) atoms. The zero-order valence-corrected chi connectivity index (χ0v) is 8.76. The summed E-state index contributed by atoms with van der Waals surface area (Å²) in [5.74, 6) is -0.340. The molecule has 0 saturated heterocycles. The summed E-state index contributed by atoms with van der Waals surface area (Å²) in [7, 11) is 0. The van der Waals surface area contributed by atoms with E-state index < -0.39 is 11.6 Å². The van der Waals surface area contributed by atoms with Gasteiger partial charge in [-0.1, -0.05) is 6.92 Å². The van der Waals surface area contributed by atoms with Crippen LogP contribution in [0.15, 0.2) is 18.2 Å². The van der Waals surface area contributed by atoms with Crippen molar-refractivity contribution in [2.24, 2.45) is 5.92 Å². The summed E-state index contributed by atoms with van der Waals surface area (Å²) in [5, 5.41) is 3.17. The molecule has 0 unspecified atom stereocenters. The number of hydrogen-bond acceptors (Lipinski definition) is 1. The zero-order chi connectivity index (χ0) is 10.8. The monoisotopic (exact) mass is 211 g/mol. The Bertz CT molecular complexity index is 331. The van der Waals surface area contributed by atoms with E-state index in [-0.39, 0.29) is 0 Å². The second-order valence-electron chi connectivity index (χ2n) is 4.42. The predicted molar refractivity (Wildman–Crippen MR) is 56.8 cm³/mol. The van der Waals surface area contributed by atoms with Crippen LogP contribution in [-0.2, 0) is 0 Å². The summed E-state index contributed by atoms with van der Waals surface area (Å²) < 4.78 is 25.8. The van der Waals surface area contributed by atoms with Crippen molar-refractivity contribution in [3.63, 3.8) is 0 Å². The number of halogens is 2. The van der Waals surface area contributed by atoms with Gasteiger partial charge >= 0.3 is 0 Å². The summed E-state index contributed by atoms with van der Waals surface area (Å²) in [4.78, 5) is 0.